The van der Waals surface area contributed by atoms with E-state index in [0.29, 0.717) is 19.4 Å². The van der Waals surface area contributed by atoms with Crippen molar-refractivity contribution in [2.24, 2.45) is 16.3 Å². The number of ether oxygens (including phenoxy) is 1. The molecule has 1 aromatic carbocycles. The molecule has 114 valence electrons. The fraction of sp³-hybridized carbons (Fsp3) is 0.467. The predicted molar refractivity (Wildman–Crippen MR) is 79.2 cm³/mol. The highest BCUT2D eigenvalue weighted by Crippen LogP contribution is 2.38. The first kappa shape index (κ1) is 15.2. The molecule has 0 aliphatic heterocycles. The molecule has 0 unspecified atom stereocenters. The van der Waals surface area contributed by atoms with E-state index in [-0.39, 0.29) is 11.7 Å². The number of nitrogens with one attached hydrogen (secondary N) is 1. The second-order valence-corrected chi connectivity index (χ2v) is 5.27. The molecule has 0 saturated heterocycles. The highest BCUT2D eigenvalue weighted by atomic mass is 16.5. The molecule has 2 rings (SSSR count). The molecule has 0 atom stereocenters. The van der Waals surface area contributed by atoms with Gasteiger partial charge in [0.25, 0.3) is 0 Å². The number of oxime groups is 1. The molecule has 0 radical (unpaired) electrons. The van der Waals surface area contributed by atoms with Gasteiger partial charge in [0.05, 0.1) is 7.11 Å². The third-order valence-corrected chi connectivity index (χ3v) is 4.12. The number of hydrogen-bond acceptors (Lipinski definition) is 4. The first-order chi connectivity index (χ1) is 10.1. The van der Waals surface area contributed by atoms with Crippen molar-refractivity contribution < 1.29 is 14.7 Å². The lowest BCUT2D eigenvalue weighted by atomic mass is 9.83. The van der Waals surface area contributed by atoms with E-state index in [4.69, 9.17) is 15.7 Å². The zero-order chi connectivity index (χ0) is 15.3. The van der Waals surface area contributed by atoms with E-state index >= 15 is 0 Å². The molecule has 0 spiro atoms. The van der Waals surface area contributed by atoms with Crippen LogP contribution in [0.5, 0.6) is 5.75 Å². The number of para-hydroxylation sites is 1. The Morgan fingerprint density at radius 1 is 1.43 bits per heavy atom. The summed E-state index contributed by atoms with van der Waals surface area (Å²) in [4.78, 5) is 12.5. The molecule has 1 saturated carbocycles. The van der Waals surface area contributed by atoms with Crippen LogP contribution in [0, 0.1) is 5.41 Å². The van der Waals surface area contributed by atoms with Crippen molar-refractivity contribution in [3.05, 3.63) is 29.8 Å². The summed E-state index contributed by atoms with van der Waals surface area (Å²) < 4.78 is 5.26. The van der Waals surface area contributed by atoms with E-state index < -0.39 is 5.41 Å². The zero-order valence-electron chi connectivity index (χ0n) is 12.1. The van der Waals surface area contributed by atoms with Crippen molar-refractivity contribution >= 4 is 11.7 Å². The molecule has 0 aromatic heterocycles. The Morgan fingerprint density at radius 2 is 2.10 bits per heavy atom. The Labute approximate surface area is 124 Å². The number of nitrogens with zero attached hydrogens (tertiary/aromatic N) is 1. The monoisotopic (exact) mass is 291 g/mol. The van der Waals surface area contributed by atoms with E-state index in [0.717, 1.165) is 24.2 Å². The van der Waals surface area contributed by atoms with Crippen LogP contribution in [-0.2, 0) is 11.3 Å². The lowest BCUT2D eigenvalue weighted by Gasteiger charge is -2.26. The van der Waals surface area contributed by atoms with Crippen molar-refractivity contribution in [3.63, 3.8) is 0 Å². The summed E-state index contributed by atoms with van der Waals surface area (Å²) in [7, 11) is 1.59. The lowest BCUT2D eigenvalue weighted by molar-refractivity contribution is -0.127. The molecular weight excluding hydrogens is 270 g/mol. The highest BCUT2D eigenvalue weighted by Gasteiger charge is 2.45. The van der Waals surface area contributed by atoms with Crippen molar-refractivity contribution in [1.29, 1.82) is 0 Å². The molecule has 4 N–H and O–H groups in total. The number of amides is 1. The maximum absolute atomic E-state index is 12.5. The summed E-state index contributed by atoms with van der Waals surface area (Å²) >= 11 is 0. The first-order valence-electron chi connectivity index (χ1n) is 7.02. The molecular formula is C15H21N3O3. The molecule has 21 heavy (non-hydrogen) atoms. The van der Waals surface area contributed by atoms with Crippen LogP contribution >= 0.6 is 0 Å². The fourth-order valence-corrected chi connectivity index (χ4v) is 2.87. The van der Waals surface area contributed by atoms with E-state index in [2.05, 4.69) is 10.5 Å². The number of amidine groups is 1. The van der Waals surface area contributed by atoms with Gasteiger partial charge in [0, 0.05) is 12.1 Å². The van der Waals surface area contributed by atoms with Crippen LogP contribution in [0.15, 0.2) is 29.4 Å². The van der Waals surface area contributed by atoms with Gasteiger partial charge in [0.2, 0.25) is 5.91 Å². The minimum absolute atomic E-state index is 0.00229. The quantitative estimate of drug-likeness (QED) is 0.332. The molecule has 1 fully saturated rings. The Bertz CT molecular complexity index is 537. The number of methoxy groups -OCH3 is 1. The van der Waals surface area contributed by atoms with E-state index in [1.807, 2.05) is 24.3 Å². The van der Waals surface area contributed by atoms with Gasteiger partial charge in [-0.25, -0.2) is 0 Å². The average molecular weight is 291 g/mol. The molecule has 0 bridgehead atoms. The SMILES string of the molecule is COc1ccccc1CNC(=O)C1(C(N)=NO)CCCC1. The van der Waals surface area contributed by atoms with E-state index in [1.165, 1.54) is 0 Å². The minimum Gasteiger partial charge on any atom is -0.496 e. The van der Waals surface area contributed by atoms with Crippen LogP contribution in [0.4, 0.5) is 0 Å². The Balaban J connectivity index is 2.10. The van der Waals surface area contributed by atoms with Crippen LogP contribution < -0.4 is 15.8 Å². The number of carbonyl (C=O) groups excluding carboxylic acids is 1. The standard InChI is InChI=1S/C15H21N3O3/c1-21-12-7-3-2-6-11(12)10-17-14(19)15(13(16)18-20)8-4-5-9-15/h2-3,6-7,20H,4-5,8-10H2,1H3,(H2,16,18)(H,17,19). The summed E-state index contributed by atoms with van der Waals surface area (Å²) in [5.41, 5.74) is 5.77. The fourth-order valence-electron chi connectivity index (χ4n) is 2.87. The van der Waals surface area contributed by atoms with Crippen LogP contribution in [0.3, 0.4) is 0 Å². The van der Waals surface area contributed by atoms with Gasteiger partial charge in [0.1, 0.15) is 11.2 Å². The molecule has 1 aromatic rings. The number of hydrogen-bond donors (Lipinski definition) is 3. The third-order valence-electron chi connectivity index (χ3n) is 4.12. The van der Waals surface area contributed by atoms with Crippen molar-refractivity contribution in [2.45, 2.75) is 32.2 Å². The molecule has 6 nitrogen and oxygen atoms in total. The van der Waals surface area contributed by atoms with Crippen LogP contribution in [0.2, 0.25) is 0 Å². The molecule has 1 aliphatic carbocycles. The molecule has 6 heteroatoms. The van der Waals surface area contributed by atoms with Gasteiger partial charge in [-0.3, -0.25) is 4.79 Å². The van der Waals surface area contributed by atoms with Crippen molar-refractivity contribution in [2.75, 3.05) is 7.11 Å². The summed E-state index contributed by atoms with van der Waals surface area (Å²) in [5, 5.41) is 14.9. The lowest BCUT2D eigenvalue weighted by Crippen LogP contribution is -2.48. The average Bonchev–Trinajstić information content (AvgIpc) is 3.03. The van der Waals surface area contributed by atoms with Gasteiger partial charge in [-0.2, -0.15) is 0 Å². The normalized spacial score (nSPS) is 17.5. The minimum atomic E-state index is -0.878. The maximum Gasteiger partial charge on any atom is 0.234 e. The van der Waals surface area contributed by atoms with Gasteiger partial charge >= 0.3 is 0 Å². The molecule has 1 aliphatic rings. The number of carbonyl (C=O) groups is 1. The number of rotatable bonds is 5. The van der Waals surface area contributed by atoms with Crippen molar-refractivity contribution in [1.82, 2.24) is 5.32 Å². The summed E-state index contributed by atoms with van der Waals surface area (Å²) in [6.45, 7) is 0.351. The van der Waals surface area contributed by atoms with E-state index in [1.54, 1.807) is 7.11 Å². The second kappa shape index (κ2) is 6.47. The zero-order valence-corrected chi connectivity index (χ0v) is 12.1. The summed E-state index contributed by atoms with van der Waals surface area (Å²) in [6.07, 6.45) is 3.03. The highest BCUT2D eigenvalue weighted by molar-refractivity contribution is 6.07. The van der Waals surface area contributed by atoms with Gasteiger partial charge in [-0.05, 0) is 18.9 Å². The smallest absolute Gasteiger partial charge is 0.234 e. The predicted octanol–water partition coefficient (Wildman–Crippen LogP) is 1.62. The molecule has 0 heterocycles. The number of nitrogens with two attached hydrogens (primary N) is 1. The Hall–Kier alpha value is -2.24. The summed E-state index contributed by atoms with van der Waals surface area (Å²) in [6, 6.07) is 7.50. The van der Waals surface area contributed by atoms with Crippen LogP contribution in [0.1, 0.15) is 31.2 Å². The maximum atomic E-state index is 12.5. The first-order valence-corrected chi connectivity index (χ1v) is 7.02. The molecule has 1 amide bonds. The van der Waals surface area contributed by atoms with Gasteiger partial charge in [0.15, 0.2) is 5.84 Å². The second-order valence-electron chi connectivity index (χ2n) is 5.27. The van der Waals surface area contributed by atoms with Gasteiger partial charge in [-0.15, -0.1) is 0 Å². The van der Waals surface area contributed by atoms with Crippen LogP contribution in [0.25, 0.3) is 0 Å². The number of benzene rings is 1. The Kier molecular flexibility index (Phi) is 4.67. The topological polar surface area (TPSA) is 96.9 Å². The van der Waals surface area contributed by atoms with Crippen molar-refractivity contribution in [3.8, 4) is 5.75 Å². The van der Waals surface area contributed by atoms with Gasteiger partial charge in [-0.1, -0.05) is 36.2 Å². The third kappa shape index (κ3) is 2.94. The largest absolute Gasteiger partial charge is 0.496 e. The Morgan fingerprint density at radius 3 is 2.71 bits per heavy atom. The van der Waals surface area contributed by atoms with Crippen LogP contribution in [-0.4, -0.2) is 24.1 Å². The summed E-state index contributed by atoms with van der Waals surface area (Å²) in [5.74, 6) is 0.529. The van der Waals surface area contributed by atoms with E-state index in [9.17, 15) is 4.79 Å². The van der Waals surface area contributed by atoms with Gasteiger partial charge < -0.3 is 21.0 Å².